The van der Waals surface area contributed by atoms with Crippen LogP contribution < -0.4 is 4.72 Å². The number of aromatic amines is 1. The number of hydrogen-bond acceptors (Lipinski definition) is 2. The van der Waals surface area contributed by atoms with Gasteiger partial charge in [-0.2, -0.15) is 0 Å². The van der Waals surface area contributed by atoms with E-state index in [1.807, 2.05) is 13.8 Å². The molecular weight excluding hydrogens is 375 g/mol. The lowest BCUT2D eigenvalue weighted by atomic mass is 9.85. The summed E-state index contributed by atoms with van der Waals surface area (Å²) < 4.78 is 41.3. The highest BCUT2D eigenvalue weighted by atomic mass is 35.5. The number of rotatable bonds is 5. The van der Waals surface area contributed by atoms with Crippen LogP contribution in [0.2, 0.25) is 5.02 Å². The van der Waals surface area contributed by atoms with Gasteiger partial charge in [0.2, 0.25) is 10.0 Å². The Morgan fingerprint density at radius 1 is 1.19 bits per heavy atom. The second-order valence-electron chi connectivity index (χ2n) is 7.01. The van der Waals surface area contributed by atoms with Crippen LogP contribution in [0.4, 0.5) is 4.39 Å². The number of sulfonamides is 1. The second kappa shape index (κ2) is 6.68. The van der Waals surface area contributed by atoms with Crippen LogP contribution in [0.1, 0.15) is 25.0 Å². The highest BCUT2D eigenvalue weighted by Gasteiger charge is 2.27. The summed E-state index contributed by atoms with van der Waals surface area (Å²) in [5.74, 6) is -0.317. The van der Waals surface area contributed by atoms with E-state index in [0.29, 0.717) is 16.1 Å². The molecule has 7 heteroatoms. The summed E-state index contributed by atoms with van der Waals surface area (Å²) in [6.07, 6.45) is 1.80. The first kappa shape index (κ1) is 18.9. The van der Waals surface area contributed by atoms with Gasteiger partial charge < -0.3 is 4.98 Å². The zero-order valence-corrected chi connectivity index (χ0v) is 16.3. The molecule has 0 fully saturated rings. The molecule has 138 valence electrons. The lowest BCUT2D eigenvalue weighted by Gasteiger charge is -2.25. The van der Waals surface area contributed by atoms with Crippen molar-refractivity contribution in [3.8, 4) is 0 Å². The number of nitrogens with one attached hydrogen (secondary N) is 2. The fourth-order valence-corrected chi connectivity index (χ4v) is 4.31. The number of aromatic nitrogens is 1. The average molecular weight is 395 g/mol. The average Bonchev–Trinajstić information content (AvgIpc) is 2.99. The largest absolute Gasteiger partial charge is 0.361 e. The SMILES string of the molecule is Cc1cc(S(=O)(=O)NCC(C)(C)c2c[nH]c3cc(F)ccc23)ccc1Cl. The molecule has 0 spiro atoms. The van der Waals surface area contributed by atoms with Gasteiger partial charge in [0, 0.05) is 34.1 Å². The molecule has 0 saturated heterocycles. The van der Waals surface area contributed by atoms with E-state index in [-0.39, 0.29) is 17.3 Å². The Hall–Kier alpha value is -1.89. The summed E-state index contributed by atoms with van der Waals surface area (Å²) in [6, 6.07) is 9.14. The zero-order chi connectivity index (χ0) is 19.1. The summed E-state index contributed by atoms with van der Waals surface area (Å²) in [4.78, 5) is 3.22. The molecule has 2 aromatic carbocycles. The molecule has 0 bridgehead atoms. The molecule has 0 aliphatic rings. The molecule has 0 atom stereocenters. The third kappa shape index (κ3) is 3.63. The quantitative estimate of drug-likeness (QED) is 0.668. The molecule has 26 heavy (non-hydrogen) atoms. The molecule has 1 heterocycles. The van der Waals surface area contributed by atoms with Crippen LogP contribution in [0, 0.1) is 12.7 Å². The van der Waals surface area contributed by atoms with Gasteiger partial charge in [-0.1, -0.05) is 25.4 Å². The number of halogens is 2. The van der Waals surface area contributed by atoms with E-state index in [2.05, 4.69) is 9.71 Å². The maximum atomic E-state index is 13.4. The number of H-pyrrole nitrogens is 1. The van der Waals surface area contributed by atoms with Crippen molar-refractivity contribution in [3.05, 3.63) is 64.6 Å². The smallest absolute Gasteiger partial charge is 0.240 e. The number of benzene rings is 2. The van der Waals surface area contributed by atoms with Crippen LogP contribution in [-0.2, 0) is 15.4 Å². The van der Waals surface area contributed by atoms with E-state index < -0.39 is 15.4 Å². The van der Waals surface area contributed by atoms with Crippen molar-refractivity contribution in [2.75, 3.05) is 6.54 Å². The third-order valence-corrected chi connectivity index (χ3v) is 6.34. The maximum absolute atomic E-state index is 13.4. The van der Waals surface area contributed by atoms with Gasteiger partial charge in [-0.15, -0.1) is 0 Å². The predicted molar refractivity (Wildman–Crippen MR) is 103 cm³/mol. The first-order valence-corrected chi connectivity index (χ1v) is 9.99. The minimum absolute atomic E-state index is 0.177. The van der Waals surface area contributed by atoms with Crippen LogP contribution in [0.3, 0.4) is 0 Å². The first-order chi connectivity index (χ1) is 12.1. The Balaban J connectivity index is 1.85. The van der Waals surface area contributed by atoms with Gasteiger partial charge in [-0.05, 0) is 54.4 Å². The number of hydrogen-bond donors (Lipinski definition) is 2. The van der Waals surface area contributed by atoms with E-state index in [4.69, 9.17) is 11.6 Å². The van der Waals surface area contributed by atoms with Crippen LogP contribution in [0.15, 0.2) is 47.5 Å². The van der Waals surface area contributed by atoms with Gasteiger partial charge in [-0.25, -0.2) is 17.5 Å². The van der Waals surface area contributed by atoms with Crippen LogP contribution in [-0.4, -0.2) is 19.9 Å². The molecule has 2 N–H and O–H groups in total. The van der Waals surface area contributed by atoms with Crippen molar-refractivity contribution < 1.29 is 12.8 Å². The van der Waals surface area contributed by atoms with E-state index in [9.17, 15) is 12.8 Å². The van der Waals surface area contributed by atoms with Gasteiger partial charge >= 0.3 is 0 Å². The van der Waals surface area contributed by atoms with Crippen molar-refractivity contribution in [1.82, 2.24) is 9.71 Å². The van der Waals surface area contributed by atoms with E-state index in [1.54, 1.807) is 31.3 Å². The minimum Gasteiger partial charge on any atom is -0.361 e. The molecule has 0 aliphatic heterocycles. The Labute approximate surface area is 157 Å². The standard InChI is InChI=1S/C19H20ClFN2O2S/c1-12-8-14(5-7-17(12)20)26(24,25)23-11-19(2,3)16-10-22-18-9-13(21)4-6-15(16)18/h4-10,22-23H,11H2,1-3H3. The Morgan fingerprint density at radius 3 is 2.62 bits per heavy atom. The number of fused-ring (bicyclic) bond motifs is 1. The molecule has 0 radical (unpaired) electrons. The third-order valence-electron chi connectivity index (χ3n) is 4.52. The van der Waals surface area contributed by atoms with Crippen molar-refractivity contribution in [1.29, 1.82) is 0 Å². The van der Waals surface area contributed by atoms with E-state index >= 15 is 0 Å². The Kier molecular flexibility index (Phi) is 4.86. The molecule has 3 rings (SSSR count). The number of aryl methyl sites for hydroxylation is 1. The fraction of sp³-hybridized carbons (Fsp3) is 0.263. The predicted octanol–water partition coefficient (Wildman–Crippen LogP) is 4.52. The normalized spacial score (nSPS) is 12.7. The summed E-state index contributed by atoms with van der Waals surface area (Å²) in [6.45, 7) is 5.83. The molecule has 0 amide bonds. The highest BCUT2D eigenvalue weighted by Crippen LogP contribution is 2.31. The molecule has 0 aliphatic carbocycles. The molecule has 0 saturated carbocycles. The van der Waals surface area contributed by atoms with E-state index in [0.717, 1.165) is 10.9 Å². The summed E-state index contributed by atoms with van der Waals surface area (Å²) in [5.41, 5.74) is 1.81. The molecule has 1 aromatic heterocycles. The molecule has 4 nitrogen and oxygen atoms in total. The second-order valence-corrected chi connectivity index (χ2v) is 9.19. The van der Waals surface area contributed by atoms with E-state index in [1.165, 1.54) is 18.2 Å². The first-order valence-electron chi connectivity index (χ1n) is 8.13. The lowest BCUT2D eigenvalue weighted by molar-refractivity contribution is 0.504. The Morgan fingerprint density at radius 2 is 1.92 bits per heavy atom. The molecule has 0 unspecified atom stereocenters. The van der Waals surface area contributed by atoms with Crippen molar-refractivity contribution >= 4 is 32.5 Å². The van der Waals surface area contributed by atoms with Gasteiger partial charge in [-0.3, -0.25) is 0 Å². The van der Waals surface area contributed by atoms with Crippen LogP contribution in [0.25, 0.3) is 10.9 Å². The zero-order valence-electron chi connectivity index (χ0n) is 14.7. The summed E-state index contributed by atoms with van der Waals surface area (Å²) in [5, 5.41) is 1.40. The van der Waals surface area contributed by atoms with Crippen molar-refractivity contribution in [2.45, 2.75) is 31.1 Å². The topological polar surface area (TPSA) is 62.0 Å². The summed E-state index contributed by atoms with van der Waals surface area (Å²) >= 11 is 5.97. The molecule has 3 aromatic rings. The van der Waals surface area contributed by atoms with Crippen LogP contribution >= 0.6 is 11.6 Å². The molecular formula is C19H20ClFN2O2S. The van der Waals surface area contributed by atoms with Crippen molar-refractivity contribution in [3.63, 3.8) is 0 Å². The minimum atomic E-state index is -3.66. The van der Waals surface area contributed by atoms with Gasteiger partial charge in [0.05, 0.1) is 4.90 Å². The lowest BCUT2D eigenvalue weighted by Crippen LogP contribution is -2.36. The highest BCUT2D eigenvalue weighted by molar-refractivity contribution is 7.89. The van der Waals surface area contributed by atoms with Gasteiger partial charge in [0.15, 0.2) is 0 Å². The van der Waals surface area contributed by atoms with Gasteiger partial charge in [0.1, 0.15) is 5.82 Å². The van der Waals surface area contributed by atoms with Crippen LogP contribution in [0.5, 0.6) is 0 Å². The van der Waals surface area contributed by atoms with Crippen molar-refractivity contribution in [2.24, 2.45) is 0 Å². The van der Waals surface area contributed by atoms with Gasteiger partial charge in [0.25, 0.3) is 0 Å². The summed E-state index contributed by atoms with van der Waals surface area (Å²) in [7, 11) is -3.66. The maximum Gasteiger partial charge on any atom is 0.240 e. The monoisotopic (exact) mass is 394 g/mol. The fourth-order valence-electron chi connectivity index (χ4n) is 2.90. The Bertz CT molecular complexity index is 1070.